The molecular formula is C24H29ClN2O3. The highest BCUT2D eigenvalue weighted by molar-refractivity contribution is 6.08. The van der Waals surface area contributed by atoms with Gasteiger partial charge >= 0.3 is 0 Å². The van der Waals surface area contributed by atoms with E-state index in [1.807, 2.05) is 18.2 Å². The number of fused-ring (bicyclic) bond motifs is 2. The molecule has 30 heavy (non-hydrogen) atoms. The minimum Gasteiger partial charge on any atom is -0.484 e. The van der Waals surface area contributed by atoms with E-state index in [1.165, 1.54) is 6.42 Å². The molecule has 0 aromatic heterocycles. The zero-order valence-corrected chi connectivity index (χ0v) is 17.8. The number of carbonyl (C=O) groups is 2. The largest absolute Gasteiger partial charge is 0.484 e. The number of nitrogens with one attached hydrogen (secondary N) is 1. The van der Waals surface area contributed by atoms with Gasteiger partial charge in [-0.05, 0) is 61.8 Å². The molecule has 0 spiro atoms. The van der Waals surface area contributed by atoms with Crippen molar-refractivity contribution in [1.82, 2.24) is 5.32 Å². The van der Waals surface area contributed by atoms with E-state index in [4.69, 9.17) is 10.5 Å². The highest BCUT2D eigenvalue weighted by Crippen LogP contribution is 2.39. The number of ketones is 1. The molecule has 2 aliphatic rings. The summed E-state index contributed by atoms with van der Waals surface area (Å²) in [5, 5.41) is 3.19. The third kappa shape index (κ3) is 5.21. The van der Waals surface area contributed by atoms with Crippen LogP contribution < -0.4 is 15.8 Å². The predicted molar refractivity (Wildman–Crippen MR) is 119 cm³/mol. The molecular weight excluding hydrogens is 400 g/mol. The number of ether oxygens (including phenoxy) is 1. The van der Waals surface area contributed by atoms with E-state index >= 15 is 0 Å². The molecule has 2 fully saturated rings. The first kappa shape index (κ1) is 22.3. The van der Waals surface area contributed by atoms with Gasteiger partial charge in [-0.3, -0.25) is 9.59 Å². The Morgan fingerprint density at radius 1 is 0.933 bits per heavy atom. The maximum absolute atomic E-state index is 12.4. The van der Waals surface area contributed by atoms with E-state index in [0.717, 1.165) is 25.7 Å². The fourth-order valence-corrected chi connectivity index (χ4v) is 4.86. The van der Waals surface area contributed by atoms with Gasteiger partial charge in [-0.25, -0.2) is 0 Å². The summed E-state index contributed by atoms with van der Waals surface area (Å²) in [7, 11) is 0. The lowest BCUT2D eigenvalue weighted by molar-refractivity contribution is -0.125. The van der Waals surface area contributed by atoms with Gasteiger partial charge in [0.2, 0.25) is 0 Å². The molecule has 2 bridgehead atoms. The molecule has 0 aliphatic heterocycles. The molecule has 0 heterocycles. The van der Waals surface area contributed by atoms with Gasteiger partial charge in [0.1, 0.15) is 5.75 Å². The molecule has 3 N–H and O–H groups in total. The summed E-state index contributed by atoms with van der Waals surface area (Å²) in [5.41, 5.74) is 7.41. The van der Waals surface area contributed by atoms with Gasteiger partial charge in [0.25, 0.3) is 5.91 Å². The standard InChI is InChI=1S/C24H28N2O3.ClH/c25-20-13-18-7-4-8-19(14-20)23(18)26-22(27)15-29-21-11-9-17(10-12-21)24(28)16-5-2-1-3-6-16;/h1-3,5-6,9-12,18-20,23H,4,7-8,13-15,25H2,(H,26,27);1H. The van der Waals surface area contributed by atoms with Gasteiger partial charge in [0.15, 0.2) is 12.4 Å². The highest BCUT2D eigenvalue weighted by Gasteiger charge is 2.39. The number of nitrogens with two attached hydrogens (primary N) is 1. The summed E-state index contributed by atoms with van der Waals surface area (Å²) in [6.45, 7) is -0.0199. The lowest BCUT2D eigenvalue weighted by Gasteiger charge is -2.45. The molecule has 0 radical (unpaired) electrons. The van der Waals surface area contributed by atoms with Gasteiger partial charge in [0.05, 0.1) is 0 Å². The van der Waals surface area contributed by atoms with E-state index in [2.05, 4.69) is 5.32 Å². The van der Waals surface area contributed by atoms with Crippen LogP contribution in [0.5, 0.6) is 5.75 Å². The molecule has 2 atom stereocenters. The normalized spacial score (nSPS) is 25.0. The van der Waals surface area contributed by atoms with Crippen molar-refractivity contribution in [2.45, 2.75) is 44.2 Å². The van der Waals surface area contributed by atoms with Crippen LogP contribution in [0.15, 0.2) is 54.6 Å². The summed E-state index contributed by atoms with van der Waals surface area (Å²) >= 11 is 0. The Balaban J connectivity index is 0.00000256. The van der Waals surface area contributed by atoms with Crippen molar-refractivity contribution in [3.05, 3.63) is 65.7 Å². The molecule has 2 aromatic rings. The van der Waals surface area contributed by atoms with Crippen molar-refractivity contribution in [3.63, 3.8) is 0 Å². The number of halogens is 1. The van der Waals surface area contributed by atoms with Crippen LogP contribution in [0.3, 0.4) is 0 Å². The molecule has 5 nitrogen and oxygen atoms in total. The Labute approximate surface area is 183 Å². The summed E-state index contributed by atoms with van der Waals surface area (Å²) in [5.74, 6) is 1.44. The second-order valence-corrected chi connectivity index (χ2v) is 8.28. The van der Waals surface area contributed by atoms with Crippen LogP contribution >= 0.6 is 12.4 Å². The number of benzene rings is 2. The van der Waals surface area contributed by atoms with Crippen LogP contribution in [0.1, 0.15) is 48.0 Å². The monoisotopic (exact) mass is 428 g/mol. The molecule has 6 heteroatoms. The summed E-state index contributed by atoms with van der Waals surface area (Å²) in [6, 6.07) is 16.6. The zero-order valence-electron chi connectivity index (χ0n) is 17.0. The van der Waals surface area contributed by atoms with Crippen molar-refractivity contribution < 1.29 is 14.3 Å². The van der Waals surface area contributed by atoms with Crippen LogP contribution in [0.2, 0.25) is 0 Å². The summed E-state index contributed by atoms with van der Waals surface area (Å²) < 4.78 is 5.65. The van der Waals surface area contributed by atoms with E-state index in [0.29, 0.717) is 28.7 Å². The molecule has 160 valence electrons. The number of rotatable bonds is 6. The molecule has 2 aliphatic carbocycles. The van der Waals surface area contributed by atoms with Crippen LogP contribution in [0, 0.1) is 11.8 Å². The van der Waals surface area contributed by atoms with Gasteiger partial charge in [-0.1, -0.05) is 36.8 Å². The second kappa shape index (κ2) is 10.1. The summed E-state index contributed by atoms with van der Waals surface area (Å²) in [4.78, 5) is 24.9. The smallest absolute Gasteiger partial charge is 0.258 e. The van der Waals surface area contributed by atoms with Crippen molar-refractivity contribution in [3.8, 4) is 5.75 Å². The first-order chi connectivity index (χ1) is 14.1. The van der Waals surface area contributed by atoms with E-state index in [9.17, 15) is 9.59 Å². The third-order valence-corrected chi connectivity index (χ3v) is 6.23. The SMILES string of the molecule is Cl.NC1CC2CCCC(C1)C2NC(=O)COc1ccc(C(=O)c2ccccc2)cc1. The van der Waals surface area contributed by atoms with Gasteiger partial charge in [-0.2, -0.15) is 0 Å². The molecule has 2 aromatic carbocycles. The Morgan fingerprint density at radius 2 is 1.53 bits per heavy atom. The van der Waals surface area contributed by atoms with Crippen molar-refractivity contribution in [1.29, 1.82) is 0 Å². The number of carbonyl (C=O) groups excluding carboxylic acids is 2. The van der Waals surface area contributed by atoms with Crippen LogP contribution in [-0.4, -0.2) is 30.4 Å². The Morgan fingerprint density at radius 3 is 2.17 bits per heavy atom. The highest BCUT2D eigenvalue weighted by atomic mass is 35.5. The lowest BCUT2D eigenvalue weighted by Crippen LogP contribution is -2.54. The predicted octanol–water partition coefficient (Wildman–Crippen LogP) is 3.74. The molecule has 4 rings (SSSR count). The lowest BCUT2D eigenvalue weighted by atomic mass is 9.67. The zero-order chi connectivity index (χ0) is 20.2. The van der Waals surface area contributed by atoms with Crippen LogP contribution in [-0.2, 0) is 4.79 Å². The van der Waals surface area contributed by atoms with E-state index < -0.39 is 0 Å². The molecule has 1 amide bonds. The maximum Gasteiger partial charge on any atom is 0.258 e. The third-order valence-electron chi connectivity index (χ3n) is 6.23. The first-order valence-electron chi connectivity index (χ1n) is 10.5. The number of hydrogen-bond acceptors (Lipinski definition) is 4. The first-order valence-corrected chi connectivity index (χ1v) is 10.5. The average molecular weight is 429 g/mol. The van der Waals surface area contributed by atoms with Gasteiger partial charge in [-0.15, -0.1) is 12.4 Å². The number of amides is 1. The fourth-order valence-electron chi connectivity index (χ4n) is 4.86. The van der Waals surface area contributed by atoms with Crippen molar-refractivity contribution in [2.75, 3.05) is 6.61 Å². The van der Waals surface area contributed by atoms with Crippen molar-refractivity contribution in [2.24, 2.45) is 17.6 Å². The number of hydrogen-bond donors (Lipinski definition) is 2. The molecule has 2 unspecified atom stereocenters. The quantitative estimate of drug-likeness (QED) is 0.686. The van der Waals surface area contributed by atoms with Gasteiger partial charge < -0.3 is 15.8 Å². The van der Waals surface area contributed by atoms with Crippen molar-refractivity contribution >= 4 is 24.1 Å². The molecule has 2 saturated carbocycles. The molecule has 0 saturated heterocycles. The minimum atomic E-state index is -0.0909. The fraction of sp³-hybridized carbons (Fsp3) is 0.417. The Kier molecular flexibility index (Phi) is 7.51. The average Bonchev–Trinajstić information content (AvgIpc) is 2.73. The summed E-state index contributed by atoms with van der Waals surface area (Å²) in [6.07, 6.45) is 5.53. The minimum absolute atomic E-state index is 0. The van der Waals surface area contributed by atoms with E-state index in [-0.39, 0.29) is 42.8 Å². The topological polar surface area (TPSA) is 81.4 Å². The second-order valence-electron chi connectivity index (χ2n) is 8.28. The maximum atomic E-state index is 12.4. The van der Waals surface area contributed by atoms with Crippen LogP contribution in [0.25, 0.3) is 0 Å². The Hall–Kier alpha value is -2.37. The van der Waals surface area contributed by atoms with E-state index in [1.54, 1.807) is 36.4 Å². The van der Waals surface area contributed by atoms with Gasteiger partial charge in [0, 0.05) is 23.2 Å². The Bertz CT molecular complexity index is 843. The van der Waals surface area contributed by atoms with Crippen LogP contribution in [0.4, 0.5) is 0 Å².